The zero-order valence-corrected chi connectivity index (χ0v) is 15.9. The van der Waals surface area contributed by atoms with Gasteiger partial charge in [-0.25, -0.2) is 0 Å². The second-order valence-corrected chi connectivity index (χ2v) is 7.01. The smallest absolute Gasteiger partial charge is 0.277 e. The molecule has 0 saturated carbocycles. The molecule has 1 aliphatic rings. The predicted octanol–water partition coefficient (Wildman–Crippen LogP) is 3.77. The second-order valence-electron chi connectivity index (χ2n) is 6.63. The molecule has 1 unspecified atom stereocenters. The van der Waals surface area contributed by atoms with Crippen molar-refractivity contribution in [3.63, 3.8) is 0 Å². The van der Waals surface area contributed by atoms with Crippen molar-refractivity contribution >= 4 is 35.0 Å². The van der Waals surface area contributed by atoms with Crippen LogP contribution in [0.1, 0.15) is 34.8 Å². The second kappa shape index (κ2) is 7.89. The molecule has 3 amide bonds. The number of amides is 3. The fourth-order valence-corrected chi connectivity index (χ4v) is 3.66. The van der Waals surface area contributed by atoms with Crippen molar-refractivity contribution < 1.29 is 18.9 Å². The number of nitrogens with one attached hydrogen (secondary N) is 2. The lowest BCUT2D eigenvalue weighted by Crippen LogP contribution is -2.39. The summed E-state index contributed by atoms with van der Waals surface area (Å²) in [7, 11) is 0. The topological polar surface area (TPSA) is 101 Å². The van der Waals surface area contributed by atoms with Gasteiger partial charge in [0.15, 0.2) is 5.69 Å². The van der Waals surface area contributed by atoms with Crippen LogP contribution in [0.4, 0.5) is 5.69 Å². The molecule has 146 valence electrons. The molecule has 0 spiro atoms. The molecule has 8 heteroatoms. The summed E-state index contributed by atoms with van der Waals surface area (Å²) in [5.74, 6) is -1.42. The van der Waals surface area contributed by atoms with Crippen molar-refractivity contribution in [3.05, 3.63) is 71.1 Å². The van der Waals surface area contributed by atoms with Gasteiger partial charge >= 0.3 is 0 Å². The van der Waals surface area contributed by atoms with Gasteiger partial charge in [0.1, 0.15) is 6.26 Å². The molecule has 29 heavy (non-hydrogen) atoms. The lowest BCUT2D eigenvalue weighted by molar-refractivity contribution is -0.134. The Morgan fingerprint density at radius 1 is 1.14 bits per heavy atom. The predicted molar refractivity (Wildman–Crippen MR) is 106 cm³/mol. The standard InChI is InChI=1S/C21H16ClN3O4/c22-19-14(2-1-3-15(19)16-8-9-18(26)24-20(16)27)12-4-6-13(7-5-12)23-21(28)17-10-11-29-25-17/h1-7,10-11,16H,8-9H2,(H,23,28)(H,24,26,27). The maximum atomic E-state index is 12.2. The minimum atomic E-state index is -0.457. The van der Waals surface area contributed by atoms with Gasteiger partial charge in [-0.2, -0.15) is 0 Å². The highest BCUT2D eigenvalue weighted by molar-refractivity contribution is 6.34. The van der Waals surface area contributed by atoms with Crippen molar-refractivity contribution in [2.45, 2.75) is 18.8 Å². The maximum Gasteiger partial charge on any atom is 0.277 e. The maximum absolute atomic E-state index is 12.2. The molecule has 1 fully saturated rings. The summed E-state index contributed by atoms with van der Waals surface area (Å²) in [6.07, 6.45) is 2.05. The van der Waals surface area contributed by atoms with Gasteiger partial charge in [0.25, 0.3) is 5.91 Å². The van der Waals surface area contributed by atoms with E-state index in [1.54, 1.807) is 18.2 Å². The summed E-state index contributed by atoms with van der Waals surface area (Å²) < 4.78 is 4.67. The van der Waals surface area contributed by atoms with Crippen molar-refractivity contribution in [1.82, 2.24) is 10.5 Å². The summed E-state index contributed by atoms with van der Waals surface area (Å²) in [6, 6.07) is 14.1. The van der Waals surface area contributed by atoms with Crippen molar-refractivity contribution in [2.24, 2.45) is 0 Å². The number of piperidine rings is 1. The molecular formula is C21H16ClN3O4. The van der Waals surface area contributed by atoms with Gasteiger partial charge in [-0.15, -0.1) is 0 Å². The molecule has 0 bridgehead atoms. The molecule has 0 aliphatic carbocycles. The molecule has 2 aromatic carbocycles. The molecule has 7 nitrogen and oxygen atoms in total. The summed E-state index contributed by atoms with van der Waals surface area (Å²) >= 11 is 6.62. The molecular weight excluding hydrogens is 394 g/mol. The molecule has 4 rings (SSSR count). The van der Waals surface area contributed by atoms with Crippen LogP contribution in [0.5, 0.6) is 0 Å². The zero-order valence-electron chi connectivity index (χ0n) is 15.1. The number of carbonyl (C=O) groups excluding carboxylic acids is 3. The molecule has 2 heterocycles. The lowest BCUT2D eigenvalue weighted by atomic mass is 9.88. The Labute approximate surface area is 171 Å². The number of rotatable bonds is 4. The number of hydrogen-bond donors (Lipinski definition) is 2. The van der Waals surface area contributed by atoms with Crippen LogP contribution in [-0.4, -0.2) is 22.9 Å². The van der Waals surface area contributed by atoms with E-state index in [0.29, 0.717) is 22.7 Å². The number of halogens is 1. The van der Waals surface area contributed by atoms with Crippen molar-refractivity contribution in [1.29, 1.82) is 0 Å². The Balaban J connectivity index is 1.56. The van der Waals surface area contributed by atoms with E-state index in [4.69, 9.17) is 11.6 Å². The van der Waals surface area contributed by atoms with Gasteiger partial charge in [0.05, 0.1) is 10.9 Å². The van der Waals surface area contributed by atoms with E-state index >= 15 is 0 Å². The SMILES string of the molecule is O=C1CCC(c2cccc(-c3ccc(NC(=O)c4ccon4)cc3)c2Cl)C(=O)N1. The van der Waals surface area contributed by atoms with Crippen LogP contribution in [0, 0.1) is 0 Å². The summed E-state index contributed by atoms with van der Waals surface area (Å²) in [6.45, 7) is 0. The largest absolute Gasteiger partial charge is 0.364 e. The lowest BCUT2D eigenvalue weighted by Gasteiger charge is -2.23. The number of benzene rings is 2. The average molecular weight is 410 g/mol. The highest BCUT2D eigenvalue weighted by atomic mass is 35.5. The van der Waals surface area contributed by atoms with E-state index in [-0.39, 0.29) is 29.8 Å². The summed E-state index contributed by atoms with van der Waals surface area (Å²) in [4.78, 5) is 35.7. The van der Waals surface area contributed by atoms with Crippen LogP contribution in [0.15, 0.2) is 59.3 Å². The molecule has 3 aromatic rings. The molecule has 1 saturated heterocycles. The van der Waals surface area contributed by atoms with Crippen molar-refractivity contribution in [2.75, 3.05) is 5.32 Å². The highest BCUT2D eigenvalue weighted by Gasteiger charge is 2.30. The number of hydrogen-bond acceptors (Lipinski definition) is 5. The summed E-state index contributed by atoms with van der Waals surface area (Å²) in [5.41, 5.74) is 3.08. The van der Waals surface area contributed by atoms with Gasteiger partial charge in [-0.3, -0.25) is 19.7 Å². The Morgan fingerprint density at radius 3 is 2.62 bits per heavy atom. The van der Waals surface area contributed by atoms with E-state index < -0.39 is 5.92 Å². The van der Waals surface area contributed by atoms with E-state index in [1.807, 2.05) is 24.3 Å². The minimum absolute atomic E-state index is 0.189. The number of anilines is 1. The quantitative estimate of drug-likeness (QED) is 0.639. The molecule has 0 radical (unpaired) electrons. The van der Waals surface area contributed by atoms with E-state index in [1.165, 1.54) is 12.3 Å². The number of carbonyl (C=O) groups is 3. The fourth-order valence-electron chi connectivity index (χ4n) is 3.29. The fraction of sp³-hybridized carbons (Fsp3) is 0.143. The number of nitrogens with zero attached hydrogens (tertiary/aromatic N) is 1. The minimum Gasteiger partial charge on any atom is -0.364 e. The Morgan fingerprint density at radius 2 is 1.93 bits per heavy atom. The number of imide groups is 1. The van der Waals surface area contributed by atoms with Crippen LogP contribution < -0.4 is 10.6 Å². The molecule has 1 aliphatic heterocycles. The van der Waals surface area contributed by atoms with Crippen LogP contribution >= 0.6 is 11.6 Å². The first-order valence-electron chi connectivity index (χ1n) is 8.97. The van der Waals surface area contributed by atoms with Crippen LogP contribution in [0.25, 0.3) is 11.1 Å². The van der Waals surface area contributed by atoms with E-state index in [9.17, 15) is 14.4 Å². The van der Waals surface area contributed by atoms with Crippen LogP contribution in [0.2, 0.25) is 5.02 Å². The van der Waals surface area contributed by atoms with Gasteiger partial charge in [-0.05, 0) is 29.7 Å². The van der Waals surface area contributed by atoms with Gasteiger partial charge < -0.3 is 9.84 Å². The normalized spacial score (nSPS) is 16.4. The van der Waals surface area contributed by atoms with Crippen LogP contribution in [0.3, 0.4) is 0 Å². The first kappa shape index (κ1) is 18.9. The average Bonchev–Trinajstić information content (AvgIpc) is 3.25. The van der Waals surface area contributed by atoms with Crippen LogP contribution in [-0.2, 0) is 9.59 Å². The first-order valence-corrected chi connectivity index (χ1v) is 9.35. The molecule has 2 N–H and O–H groups in total. The third-order valence-electron chi connectivity index (χ3n) is 4.77. The van der Waals surface area contributed by atoms with Gasteiger partial charge in [0.2, 0.25) is 11.8 Å². The van der Waals surface area contributed by atoms with Crippen molar-refractivity contribution in [3.8, 4) is 11.1 Å². The third kappa shape index (κ3) is 3.90. The molecule has 1 aromatic heterocycles. The zero-order chi connectivity index (χ0) is 20.4. The van der Waals surface area contributed by atoms with Gasteiger partial charge in [-0.1, -0.05) is 47.1 Å². The number of aromatic nitrogens is 1. The first-order chi connectivity index (χ1) is 14.0. The Hall–Kier alpha value is -3.45. The Kier molecular flexibility index (Phi) is 5.14. The summed E-state index contributed by atoms with van der Waals surface area (Å²) in [5, 5.41) is 9.16. The van der Waals surface area contributed by atoms with E-state index in [0.717, 1.165) is 11.1 Å². The third-order valence-corrected chi connectivity index (χ3v) is 5.19. The molecule has 1 atom stereocenters. The Bertz CT molecular complexity index is 1080. The van der Waals surface area contributed by atoms with Gasteiger partial charge in [0, 0.05) is 23.7 Å². The monoisotopic (exact) mass is 409 g/mol. The van der Waals surface area contributed by atoms with E-state index in [2.05, 4.69) is 20.3 Å². The highest BCUT2D eigenvalue weighted by Crippen LogP contribution is 2.37.